The van der Waals surface area contributed by atoms with Gasteiger partial charge in [0.25, 0.3) is 0 Å². The summed E-state index contributed by atoms with van der Waals surface area (Å²) in [6.07, 6.45) is 0. The van der Waals surface area contributed by atoms with Crippen LogP contribution in [-0.2, 0) is 22.3 Å². The van der Waals surface area contributed by atoms with Gasteiger partial charge in [-0.2, -0.15) is 0 Å². The normalized spacial score (nSPS) is 11.7. The van der Waals surface area contributed by atoms with E-state index in [0.717, 1.165) is 4.88 Å². The SMILES string of the molecule is Cc1ccc(CNS(=O)(=O)Cc2ccccc2Cl)s1. The molecule has 0 spiro atoms. The van der Waals surface area contributed by atoms with E-state index in [9.17, 15) is 8.42 Å². The highest BCUT2D eigenvalue weighted by Gasteiger charge is 2.13. The van der Waals surface area contributed by atoms with Gasteiger partial charge in [0.15, 0.2) is 0 Å². The Balaban J connectivity index is 2.01. The molecule has 0 aliphatic carbocycles. The van der Waals surface area contributed by atoms with Gasteiger partial charge in [0.05, 0.1) is 5.75 Å². The molecule has 0 unspecified atom stereocenters. The van der Waals surface area contributed by atoms with E-state index in [2.05, 4.69) is 4.72 Å². The van der Waals surface area contributed by atoms with Gasteiger partial charge in [-0.1, -0.05) is 29.8 Å². The zero-order valence-corrected chi connectivity index (χ0v) is 12.8. The number of halogens is 1. The average Bonchev–Trinajstić information content (AvgIpc) is 2.76. The molecule has 102 valence electrons. The molecule has 1 heterocycles. The molecule has 0 fully saturated rings. The molecule has 6 heteroatoms. The molecule has 2 aromatic rings. The van der Waals surface area contributed by atoms with E-state index in [0.29, 0.717) is 17.1 Å². The van der Waals surface area contributed by atoms with Gasteiger partial charge in [0.2, 0.25) is 10.0 Å². The van der Waals surface area contributed by atoms with Crippen molar-refractivity contribution < 1.29 is 8.42 Å². The highest BCUT2D eigenvalue weighted by Crippen LogP contribution is 2.18. The van der Waals surface area contributed by atoms with Crippen molar-refractivity contribution in [2.24, 2.45) is 0 Å². The number of nitrogens with one attached hydrogen (secondary N) is 1. The Morgan fingerprint density at radius 3 is 2.58 bits per heavy atom. The molecule has 0 saturated carbocycles. The van der Waals surface area contributed by atoms with E-state index in [1.807, 2.05) is 19.1 Å². The summed E-state index contributed by atoms with van der Waals surface area (Å²) in [6, 6.07) is 10.9. The Morgan fingerprint density at radius 2 is 1.95 bits per heavy atom. The molecule has 0 aliphatic rings. The van der Waals surface area contributed by atoms with Gasteiger partial charge < -0.3 is 0 Å². The third-order valence-electron chi connectivity index (χ3n) is 2.57. The van der Waals surface area contributed by atoms with Crippen LogP contribution in [0.15, 0.2) is 36.4 Å². The van der Waals surface area contributed by atoms with E-state index in [4.69, 9.17) is 11.6 Å². The molecule has 0 radical (unpaired) electrons. The highest BCUT2D eigenvalue weighted by atomic mass is 35.5. The van der Waals surface area contributed by atoms with Gasteiger partial charge in [-0.3, -0.25) is 0 Å². The van der Waals surface area contributed by atoms with Crippen molar-refractivity contribution in [1.29, 1.82) is 0 Å². The van der Waals surface area contributed by atoms with E-state index < -0.39 is 10.0 Å². The summed E-state index contributed by atoms with van der Waals surface area (Å²) in [6.45, 7) is 2.32. The van der Waals surface area contributed by atoms with Gasteiger partial charge in [-0.25, -0.2) is 13.1 Å². The van der Waals surface area contributed by atoms with Crippen LogP contribution in [0, 0.1) is 6.92 Å². The van der Waals surface area contributed by atoms with Crippen LogP contribution in [0.25, 0.3) is 0 Å². The van der Waals surface area contributed by atoms with Crippen LogP contribution in [0.4, 0.5) is 0 Å². The summed E-state index contributed by atoms with van der Waals surface area (Å²) in [5.74, 6) is -0.100. The minimum absolute atomic E-state index is 0.100. The highest BCUT2D eigenvalue weighted by molar-refractivity contribution is 7.88. The van der Waals surface area contributed by atoms with Crippen molar-refractivity contribution >= 4 is 33.0 Å². The largest absolute Gasteiger partial charge is 0.216 e. The molecule has 0 amide bonds. The first-order valence-electron chi connectivity index (χ1n) is 5.72. The second-order valence-corrected chi connectivity index (χ2v) is 7.77. The standard InChI is InChI=1S/C13H14ClNO2S2/c1-10-6-7-12(18-10)8-15-19(16,17)9-11-4-2-3-5-13(11)14/h2-7,15H,8-9H2,1H3. The van der Waals surface area contributed by atoms with E-state index >= 15 is 0 Å². The first kappa shape index (κ1) is 14.5. The van der Waals surface area contributed by atoms with Gasteiger partial charge >= 0.3 is 0 Å². The number of aryl methyl sites for hydroxylation is 1. The average molecular weight is 316 g/mol. The maximum Gasteiger partial charge on any atom is 0.216 e. The zero-order valence-electron chi connectivity index (χ0n) is 10.4. The smallest absolute Gasteiger partial charge is 0.212 e. The van der Waals surface area contributed by atoms with Crippen molar-refractivity contribution in [3.8, 4) is 0 Å². The second kappa shape index (κ2) is 6.05. The lowest BCUT2D eigenvalue weighted by atomic mass is 10.2. The van der Waals surface area contributed by atoms with Gasteiger partial charge in [-0.05, 0) is 30.7 Å². The predicted octanol–water partition coefficient (Wildman–Crippen LogP) is 3.33. The van der Waals surface area contributed by atoms with E-state index in [1.54, 1.807) is 35.6 Å². The van der Waals surface area contributed by atoms with Gasteiger partial charge in [0.1, 0.15) is 0 Å². The number of benzene rings is 1. The molecule has 0 bridgehead atoms. The summed E-state index contributed by atoms with van der Waals surface area (Å²) in [7, 11) is -3.37. The maximum absolute atomic E-state index is 12.0. The van der Waals surface area contributed by atoms with Crippen LogP contribution in [0.5, 0.6) is 0 Å². The molecule has 19 heavy (non-hydrogen) atoms. The molecule has 0 atom stereocenters. The molecule has 3 nitrogen and oxygen atoms in total. The molecule has 0 aliphatic heterocycles. The topological polar surface area (TPSA) is 46.2 Å². The Labute approximate surface area is 122 Å². The van der Waals surface area contributed by atoms with Crippen molar-refractivity contribution in [2.75, 3.05) is 0 Å². The molecular weight excluding hydrogens is 302 g/mol. The zero-order chi connectivity index (χ0) is 13.9. The van der Waals surface area contributed by atoms with Crippen LogP contribution in [0.3, 0.4) is 0 Å². The number of rotatable bonds is 5. The summed E-state index contributed by atoms with van der Waals surface area (Å²) in [5.41, 5.74) is 0.610. The Bertz CT molecular complexity index is 665. The second-order valence-electron chi connectivity index (χ2n) is 4.18. The Morgan fingerprint density at radius 1 is 1.21 bits per heavy atom. The van der Waals surface area contributed by atoms with Gasteiger partial charge in [-0.15, -0.1) is 11.3 Å². The molecule has 0 saturated heterocycles. The summed E-state index contributed by atoms with van der Waals surface area (Å²) < 4.78 is 26.5. The Kier molecular flexibility index (Phi) is 4.62. The third kappa shape index (κ3) is 4.31. The lowest BCUT2D eigenvalue weighted by Crippen LogP contribution is -2.24. The first-order chi connectivity index (χ1) is 8.96. The molecule has 1 N–H and O–H groups in total. The molecule has 2 rings (SSSR count). The number of hydrogen-bond donors (Lipinski definition) is 1. The lowest BCUT2D eigenvalue weighted by molar-refractivity contribution is 0.581. The molecule has 1 aromatic carbocycles. The lowest BCUT2D eigenvalue weighted by Gasteiger charge is -2.07. The van der Waals surface area contributed by atoms with E-state index in [-0.39, 0.29) is 5.75 Å². The minimum atomic E-state index is -3.37. The van der Waals surface area contributed by atoms with Crippen LogP contribution < -0.4 is 4.72 Å². The monoisotopic (exact) mass is 315 g/mol. The quantitative estimate of drug-likeness (QED) is 0.920. The minimum Gasteiger partial charge on any atom is -0.212 e. The fourth-order valence-corrected chi connectivity index (χ4v) is 3.97. The number of thiophene rings is 1. The fraction of sp³-hybridized carbons (Fsp3) is 0.231. The van der Waals surface area contributed by atoms with Crippen LogP contribution >= 0.6 is 22.9 Å². The predicted molar refractivity (Wildman–Crippen MR) is 80.0 cm³/mol. The van der Waals surface area contributed by atoms with Crippen molar-refractivity contribution in [3.63, 3.8) is 0 Å². The summed E-state index contributed by atoms with van der Waals surface area (Å²) in [4.78, 5) is 2.17. The number of hydrogen-bond acceptors (Lipinski definition) is 3. The van der Waals surface area contributed by atoms with Crippen LogP contribution in [0.1, 0.15) is 15.3 Å². The van der Waals surface area contributed by atoms with Gasteiger partial charge in [0, 0.05) is 21.3 Å². The maximum atomic E-state index is 12.0. The first-order valence-corrected chi connectivity index (χ1v) is 8.57. The van der Waals surface area contributed by atoms with Crippen LogP contribution in [-0.4, -0.2) is 8.42 Å². The summed E-state index contributed by atoms with van der Waals surface area (Å²) >= 11 is 7.55. The summed E-state index contributed by atoms with van der Waals surface area (Å²) in [5, 5.41) is 0.472. The number of sulfonamides is 1. The van der Waals surface area contributed by atoms with Crippen molar-refractivity contribution in [3.05, 3.63) is 56.7 Å². The fourth-order valence-electron chi connectivity index (χ4n) is 1.63. The van der Waals surface area contributed by atoms with Crippen molar-refractivity contribution in [2.45, 2.75) is 19.2 Å². The third-order valence-corrected chi connectivity index (χ3v) is 5.21. The Hall–Kier alpha value is -0.880. The van der Waals surface area contributed by atoms with Crippen molar-refractivity contribution in [1.82, 2.24) is 4.72 Å². The molecule has 1 aromatic heterocycles. The van der Waals surface area contributed by atoms with E-state index in [1.165, 1.54) is 4.88 Å². The van der Waals surface area contributed by atoms with Crippen LogP contribution in [0.2, 0.25) is 5.02 Å². The molecular formula is C13H14ClNO2S2.